The van der Waals surface area contributed by atoms with Crippen LogP contribution in [0.5, 0.6) is 11.5 Å². The van der Waals surface area contributed by atoms with Gasteiger partial charge in [-0.05, 0) is 42.7 Å². The zero-order chi connectivity index (χ0) is 25.7. The Hall–Kier alpha value is -3.77. The minimum atomic E-state index is -1.10. The molecule has 0 saturated carbocycles. The molecular formula is C29H29ClN2O4. The summed E-state index contributed by atoms with van der Waals surface area (Å²) in [4.78, 5) is 26.5. The molecule has 1 amide bonds. The predicted octanol–water partition coefficient (Wildman–Crippen LogP) is 6.14. The number of nitrogens with zero attached hydrogens (tertiary/aromatic N) is 1. The summed E-state index contributed by atoms with van der Waals surface area (Å²) in [6, 6.07) is 27.1. The lowest BCUT2D eigenvalue weighted by Gasteiger charge is -2.50. The summed E-state index contributed by atoms with van der Waals surface area (Å²) < 4.78 is 11.0. The highest BCUT2D eigenvalue weighted by Gasteiger charge is 2.47. The van der Waals surface area contributed by atoms with Crippen LogP contribution >= 0.6 is 11.6 Å². The maximum absolute atomic E-state index is 13.3. The number of halogens is 1. The van der Waals surface area contributed by atoms with E-state index in [4.69, 9.17) is 21.1 Å². The zero-order valence-corrected chi connectivity index (χ0v) is 21.3. The molecule has 0 aliphatic carbocycles. The highest BCUT2D eigenvalue weighted by molar-refractivity contribution is 6.25. The third kappa shape index (κ3) is 5.71. The van der Waals surface area contributed by atoms with Gasteiger partial charge in [0, 0.05) is 26.0 Å². The standard InChI is InChI=1S/C23H25ClN2O3.C6H4O/c1-16(2)20(26-15-14-23(26,24)25-17(3)27)22(28)29-21(18-10-6-4-7-11-18)19-12-8-5-9-13-19;1-2-5-4-6(3-1)7-5/h4-13,21H,14-15H2,1-3H3,(H,25,27);1-4H. The molecule has 1 saturated heterocycles. The first-order valence-corrected chi connectivity index (χ1v) is 12.2. The van der Waals surface area contributed by atoms with Crippen molar-refractivity contribution in [3.8, 4) is 11.5 Å². The largest absolute Gasteiger partial charge is 0.457 e. The molecule has 1 N–H and O–H groups in total. The number of alkyl halides is 1. The van der Waals surface area contributed by atoms with Crippen LogP contribution in [0.2, 0.25) is 0 Å². The van der Waals surface area contributed by atoms with Gasteiger partial charge in [0.05, 0.1) is 0 Å². The number of fused-ring (bicyclic) bond motifs is 2. The highest BCUT2D eigenvalue weighted by atomic mass is 35.5. The number of ether oxygens (including phenoxy) is 2. The third-order valence-corrected chi connectivity index (χ3v) is 6.36. The fourth-order valence-corrected chi connectivity index (χ4v) is 4.51. The monoisotopic (exact) mass is 504 g/mol. The van der Waals surface area contributed by atoms with E-state index in [-0.39, 0.29) is 5.91 Å². The van der Waals surface area contributed by atoms with Gasteiger partial charge in [-0.2, -0.15) is 0 Å². The van der Waals surface area contributed by atoms with Crippen LogP contribution < -0.4 is 10.1 Å². The smallest absolute Gasteiger partial charge is 0.355 e. The van der Waals surface area contributed by atoms with Crippen LogP contribution in [-0.2, 0) is 14.3 Å². The Kier molecular flexibility index (Phi) is 7.65. The number of benzene rings is 3. The number of nitrogens with one attached hydrogen (secondary N) is 1. The van der Waals surface area contributed by atoms with E-state index >= 15 is 0 Å². The second kappa shape index (κ2) is 10.9. The van der Waals surface area contributed by atoms with Crippen LogP contribution in [-0.4, -0.2) is 28.4 Å². The fraction of sp³-hybridized carbons (Fsp3) is 0.241. The number of allylic oxidation sites excluding steroid dienone is 1. The number of carbonyl (C=O) groups is 2. The lowest BCUT2D eigenvalue weighted by Crippen LogP contribution is -2.65. The van der Waals surface area contributed by atoms with E-state index in [2.05, 4.69) is 5.32 Å². The fourth-order valence-electron chi connectivity index (χ4n) is 4.12. The van der Waals surface area contributed by atoms with Gasteiger partial charge >= 0.3 is 5.97 Å². The van der Waals surface area contributed by atoms with Gasteiger partial charge in [0.1, 0.15) is 17.2 Å². The van der Waals surface area contributed by atoms with Crippen molar-refractivity contribution in [2.75, 3.05) is 6.54 Å². The van der Waals surface area contributed by atoms with Crippen molar-refractivity contribution in [2.45, 2.75) is 38.4 Å². The SMILES string of the molecule is CC(=O)NC1(Cl)CCN1C(C(=O)OC(c1ccccc1)c1ccccc1)=C(C)C.c1cc2cc(c1)O2. The zero-order valence-electron chi connectivity index (χ0n) is 20.5. The second-order valence-electron chi connectivity index (χ2n) is 8.87. The molecule has 2 bridgehead atoms. The number of amides is 1. The first-order chi connectivity index (χ1) is 17.3. The van der Waals surface area contributed by atoms with Crippen LogP contribution in [0.4, 0.5) is 0 Å². The Bertz CT molecular complexity index is 1190. The molecule has 1 fully saturated rings. The minimum absolute atomic E-state index is 0.252. The molecule has 7 heteroatoms. The van der Waals surface area contributed by atoms with E-state index in [9.17, 15) is 9.59 Å². The van der Waals surface area contributed by atoms with Gasteiger partial charge in [-0.25, -0.2) is 4.79 Å². The van der Waals surface area contributed by atoms with Gasteiger partial charge in [-0.3, -0.25) is 4.79 Å². The van der Waals surface area contributed by atoms with Crippen molar-refractivity contribution in [3.63, 3.8) is 0 Å². The predicted molar refractivity (Wildman–Crippen MR) is 139 cm³/mol. The van der Waals surface area contributed by atoms with E-state index in [1.54, 1.807) is 4.90 Å². The molecule has 3 aliphatic rings. The summed E-state index contributed by atoms with van der Waals surface area (Å²) in [7, 11) is 0. The van der Waals surface area contributed by atoms with E-state index in [0.29, 0.717) is 18.7 Å². The number of hydrogen-bond acceptors (Lipinski definition) is 5. The number of likely N-dealkylation sites (tertiary alicyclic amines) is 1. The summed E-state index contributed by atoms with van der Waals surface area (Å²) in [5.74, 6) is 1.24. The summed E-state index contributed by atoms with van der Waals surface area (Å²) >= 11 is 6.57. The van der Waals surface area contributed by atoms with Gasteiger partial charge in [0.25, 0.3) is 0 Å². The molecule has 1 unspecified atom stereocenters. The van der Waals surface area contributed by atoms with Crippen molar-refractivity contribution >= 4 is 23.5 Å². The summed E-state index contributed by atoms with van der Waals surface area (Å²) in [6.45, 7) is 5.63. The average molecular weight is 505 g/mol. The third-order valence-electron chi connectivity index (χ3n) is 5.87. The molecule has 0 spiro atoms. The molecule has 1 atom stereocenters. The lowest BCUT2D eigenvalue weighted by atomic mass is 10.0. The first-order valence-electron chi connectivity index (χ1n) is 11.8. The average Bonchev–Trinajstić information content (AvgIpc) is 2.86. The molecule has 6 nitrogen and oxygen atoms in total. The molecule has 186 valence electrons. The molecule has 0 radical (unpaired) electrons. The summed E-state index contributed by atoms with van der Waals surface area (Å²) in [6.07, 6.45) is -0.00931. The van der Waals surface area contributed by atoms with Crippen molar-refractivity contribution in [3.05, 3.63) is 107 Å². The Balaban J connectivity index is 0.000000367. The van der Waals surface area contributed by atoms with Crippen LogP contribution in [0, 0.1) is 0 Å². The van der Waals surface area contributed by atoms with Gasteiger partial charge < -0.3 is 19.7 Å². The Morgan fingerprint density at radius 3 is 1.78 bits per heavy atom. The highest BCUT2D eigenvalue weighted by Crippen LogP contribution is 2.38. The first kappa shape index (κ1) is 25.3. The number of carbonyl (C=O) groups excluding carboxylic acids is 2. The quantitative estimate of drug-likeness (QED) is 0.148. The van der Waals surface area contributed by atoms with Crippen LogP contribution in [0.25, 0.3) is 0 Å². The second-order valence-corrected chi connectivity index (χ2v) is 9.50. The maximum Gasteiger partial charge on any atom is 0.355 e. The van der Waals surface area contributed by atoms with E-state index < -0.39 is 17.2 Å². The van der Waals surface area contributed by atoms with E-state index in [1.165, 1.54) is 6.92 Å². The molecular weight excluding hydrogens is 476 g/mol. The maximum atomic E-state index is 13.3. The van der Waals surface area contributed by atoms with Gasteiger partial charge in [0.15, 0.2) is 11.2 Å². The molecule has 3 aromatic carbocycles. The van der Waals surface area contributed by atoms with E-state index in [0.717, 1.165) is 28.2 Å². The molecule has 36 heavy (non-hydrogen) atoms. The van der Waals surface area contributed by atoms with Crippen LogP contribution in [0.3, 0.4) is 0 Å². The van der Waals surface area contributed by atoms with E-state index in [1.807, 2.05) is 98.8 Å². The molecule has 6 rings (SSSR count). The topological polar surface area (TPSA) is 67.9 Å². The van der Waals surface area contributed by atoms with Crippen molar-refractivity contribution in [1.82, 2.24) is 10.2 Å². The summed E-state index contributed by atoms with van der Waals surface area (Å²) in [5.41, 5.74) is 2.90. The van der Waals surface area contributed by atoms with Crippen LogP contribution in [0.15, 0.2) is 96.2 Å². The van der Waals surface area contributed by atoms with Crippen molar-refractivity contribution < 1.29 is 19.1 Å². The molecule has 3 heterocycles. The Morgan fingerprint density at radius 1 is 0.917 bits per heavy atom. The van der Waals surface area contributed by atoms with Gasteiger partial charge in [-0.15, -0.1) is 0 Å². The minimum Gasteiger partial charge on any atom is -0.457 e. The summed E-state index contributed by atoms with van der Waals surface area (Å²) in [5, 5.41) is 1.62. The molecule has 3 aromatic rings. The van der Waals surface area contributed by atoms with Crippen molar-refractivity contribution in [2.24, 2.45) is 0 Å². The molecule has 0 aromatic heterocycles. The van der Waals surface area contributed by atoms with Gasteiger partial charge in [0.2, 0.25) is 5.91 Å². The Labute approximate surface area is 216 Å². The van der Waals surface area contributed by atoms with Crippen molar-refractivity contribution in [1.29, 1.82) is 0 Å². The Morgan fingerprint density at radius 2 is 1.44 bits per heavy atom. The normalized spacial score (nSPS) is 16.9. The molecule has 3 aliphatic heterocycles. The number of hydrogen-bond donors (Lipinski definition) is 1. The van der Waals surface area contributed by atoms with Crippen LogP contribution in [0.1, 0.15) is 44.4 Å². The number of rotatable bonds is 6. The number of esters is 1. The van der Waals surface area contributed by atoms with Gasteiger partial charge in [-0.1, -0.05) is 78.3 Å². The lowest BCUT2D eigenvalue weighted by molar-refractivity contribution is -0.147.